The molecule has 2 heteroatoms. The summed E-state index contributed by atoms with van der Waals surface area (Å²) in [5.74, 6) is 6.79. The Morgan fingerprint density at radius 2 is 1.65 bits per heavy atom. The van der Waals surface area contributed by atoms with Gasteiger partial charge in [-0.15, -0.1) is 0 Å². The van der Waals surface area contributed by atoms with Gasteiger partial charge in [0.1, 0.15) is 11.5 Å². The molecule has 4 bridgehead atoms. The first-order chi connectivity index (χ1) is 8.33. The minimum absolute atomic E-state index is 0.535. The predicted molar refractivity (Wildman–Crippen MR) is 66.4 cm³/mol. The average molecular weight is 231 g/mol. The van der Waals surface area contributed by atoms with Gasteiger partial charge in [0.05, 0.1) is 6.54 Å². The van der Waals surface area contributed by atoms with E-state index in [1.54, 1.807) is 0 Å². The van der Waals surface area contributed by atoms with Gasteiger partial charge in [0.15, 0.2) is 0 Å². The summed E-state index contributed by atoms with van der Waals surface area (Å²) < 4.78 is 5.93. The first-order valence-electron chi connectivity index (χ1n) is 7.12. The van der Waals surface area contributed by atoms with E-state index >= 15 is 0 Å². The number of hydrogen-bond acceptors (Lipinski definition) is 2. The third-order valence-corrected chi connectivity index (χ3v) is 5.44. The zero-order valence-corrected chi connectivity index (χ0v) is 10.3. The van der Waals surface area contributed by atoms with Crippen LogP contribution < -0.4 is 5.73 Å². The Kier molecular flexibility index (Phi) is 2.17. The van der Waals surface area contributed by atoms with E-state index in [0.717, 1.165) is 29.4 Å². The molecule has 0 unspecified atom stereocenters. The average Bonchev–Trinajstić information content (AvgIpc) is 2.76. The molecule has 0 saturated heterocycles. The normalized spacial score (nSPS) is 43.2. The highest BCUT2D eigenvalue weighted by molar-refractivity contribution is 5.17. The summed E-state index contributed by atoms with van der Waals surface area (Å²) in [4.78, 5) is 0. The first kappa shape index (κ1) is 10.2. The maximum Gasteiger partial charge on any atom is 0.117 e. The standard InChI is InChI=1S/C15H21NO/c16-8-13-1-2-14(17-13)15-11-4-9-3-10(6-11)7-12(15)5-9/h1-2,9-12,15H,3-8,16H2. The van der Waals surface area contributed by atoms with Gasteiger partial charge in [0, 0.05) is 5.92 Å². The van der Waals surface area contributed by atoms with Crippen molar-refractivity contribution in [2.75, 3.05) is 0 Å². The van der Waals surface area contributed by atoms with Gasteiger partial charge < -0.3 is 10.2 Å². The molecule has 2 N–H and O–H groups in total. The molecule has 5 rings (SSSR count). The molecule has 1 aromatic rings. The molecule has 0 spiro atoms. The zero-order valence-electron chi connectivity index (χ0n) is 10.3. The Labute approximate surface area is 103 Å². The van der Waals surface area contributed by atoms with E-state index in [4.69, 9.17) is 10.2 Å². The van der Waals surface area contributed by atoms with Gasteiger partial charge in [-0.2, -0.15) is 0 Å². The molecular weight excluding hydrogens is 210 g/mol. The molecule has 17 heavy (non-hydrogen) atoms. The fourth-order valence-electron chi connectivity index (χ4n) is 5.07. The summed E-state index contributed by atoms with van der Waals surface area (Å²) in [5, 5.41) is 0. The van der Waals surface area contributed by atoms with Gasteiger partial charge >= 0.3 is 0 Å². The van der Waals surface area contributed by atoms with Crippen molar-refractivity contribution in [2.45, 2.75) is 44.6 Å². The fourth-order valence-corrected chi connectivity index (χ4v) is 5.07. The smallest absolute Gasteiger partial charge is 0.117 e. The summed E-state index contributed by atoms with van der Waals surface area (Å²) in [6.45, 7) is 0.535. The summed E-state index contributed by atoms with van der Waals surface area (Å²) in [7, 11) is 0. The predicted octanol–water partition coefficient (Wildman–Crippen LogP) is 3.28. The van der Waals surface area contributed by atoms with E-state index in [1.807, 2.05) is 0 Å². The topological polar surface area (TPSA) is 39.2 Å². The molecule has 4 fully saturated rings. The van der Waals surface area contributed by atoms with Crippen LogP contribution in [0.3, 0.4) is 0 Å². The van der Waals surface area contributed by atoms with Gasteiger partial charge in [0.2, 0.25) is 0 Å². The molecule has 0 aromatic carbocycles. The third-order valence-electron chi connectivity index (χ3n) is 5.44. The molecule has 4 saturated carbocycles. The van der Waals surface area contributed by atoms with Gasteiger partial charge in [0.25, 0.3) is 0 Å². The highest BCUT2D eigenvalue weighted by Gasteiger charge is 2.49. The molecule has 0 radical (unpaired) electrons. The van der Waals surface area contributed by atoms with Crippen molar-refractivity contribution >= 4 is 0 Å². The summed E-state index contributed by atoms with van der Waals surface area (Å²) in [5.41, 5.74) is 5.64. The van der Waals surface area contributed by atoms with Crippen molar-refractivity contribution in [1.82, 2.24) is 0 Å². The van der Waals surface area contributed by atoms with Crippen LogP contribution in [0, 0.1) is 23.7 Å². The van der Waals surface area contributed by atoms with E-state index in [2.05, 4.69) is 12.1 Å². The maximum atomic E-state index is 5.93. The number of rotatable bonds is 2. The van der Waals surface area contributed by atoms with E-state index in [-0.39, 0.29) is 0 Å². The highest BCUT2D eigenvalue weighted by Crippen LogP contribution is 2.59. The van der Waals surface area contributed by atoms with Crippen LogP contribution in [-0.2, 0) is 6.54 Å². The second kappa shape index (κ2) is 3.61. The summed E-state index contributed by atoms with van der Waals surface area (Å²) in [6, 6.07) is 4.26. The van der Waals surface area contributed by atoms with E-state index in [0.29, 0.717) is 12.5 Å². The monoisotopic (exact) mass is 231 g/mol. The fraction of sp³-hybridized carbons (Fsp3) is 0.733. The Balaban J connectivity index is 1.65. The van der Waals surface area contributed by atoms with E-state index in [1.165, 1.54) is 37.9 Å². The van der Waals surface area contributed by atoms with Crippen LogP contribution in [0.1, 0.15) is 49.5 Å². The van der Waals surface area contributed by atoms with Crippen LogP contribution in [-0.4, -0.2) is 0 Å². The number of hydrogen-bond donors (Lipinski definition) is 1. The lowest BCUT2D eigenvalue weighted by Gasteiger charge is -2.53. The van der Waals surface area contributed by atoms with Gasteiger partial charge in [-0.25, -0.2) is 0 Å². The van der Waals surface area contributed by atoms with Crippen molar-refractivity contribution in [3.63, 3.8) is 0 Å². The molecule has 2 nitrogen and oxygen atoms in total. The zero-order chi connectivity index (χ0) is 11.4. The molecule has 1 aromatic heterocycles. The molecule has 0 atom stereocenters. The van der Waals surface area contributed by atoms with Crippen molar-refractivity contribution in [2.24, 2.45) is 29.4 Å². The van der Waals surface area contributed by atoms with E-state index < -0.39 is 0 Å². The lowest BCUT2D eigenvalue weighted by molar-refractivity contribution is -0.00991. The lowest BCUT2D eigenvalue weighted by Crippen LogP contribution is -2.43. The van der Waals surface area contributed by atoms with Crippen LogP contribution in [0.2, 0.25) is 0 Å². The first-order valence-corrected chi connectivity index (χ1v) is 7.12. The molecule has 1 heterocycles. The van der Waals surface area contributed by atoms with Crippen molar-refractivity contribution in [3.05, 3.63) is 23.7 Å². The Morgan fingerprint density at radius 3 is 2.18 bits per heavy atom. The molecule has 92 valence electrons. The van der Waals surface area contributed by atoms with Crippen molar-refractivity contribution in [1.29, 1.82) is 0 Å². The molecule has 0 amide bonds. The van der Waals surface area contributed by atoms with Gasteiger partial charge in [-0.3, -0.25) is 0 Å². The van der Waals surface area contributed by atoms with E-state index in [9.17, 15) is 0 Å². The van der Waals surface area contributed by atoms with Crippen LogP contribution >= 0.6 is 0 Å². The summed E-state index contributed by atoms with van der Waals surface area (Å²) in [6.07, 6.45) is 7.34. The van der Waals surface area contributed by atoms with Crippen LogP contribution in [0.15, 0.2) is 16.5 Å². The molecular formula is C15H21NO. The quantitative estimate of drug-likeness (QED) is 0.848. The minimum atomic E-state index is 0.535. The highest BCUT2D eigenvalue weighted by atomic mass is 16.3. The Morgan fingerprint density at radius 1 is 1.00 bits per heavy atom. The Hall–Kier alpha value is -0.760. The number of furan rings is 1. The molecule has 4 aliphatic rings. The minimum Gasteiger partial charge on any atom is -0.464 e. The van der Waals surface area contributed by atoms with Gasteiger partial charge in [-0.1, -0.05) is 0 Å². The second-order valence-corrected chi connectivity index (χ2v) is 6.46. The summed E-state index contributed by atoms with van der Waals surface area (Å²) >= 11 is 0. The maximum absolute atomic E-state index is 5.93. The molecule has 4 aliphatic carbocycles. The number of nitrogens with two attached hydrogens (primary N) is 1. The lowest BCUT2D eigenvalue weighted by atomic mass is 9.51. The van der Waals surface area contributed by atoms with Crippen LogP contribution in [0.4, 0.5) is 0 Å². The van der Waals surface area contributed by atoms with Gasteiger partial charge in [-0.05, 0) is 67.9 Å². The third kappa shape index (κ3) is 1.50. The Bertz CT molecular complexity index is 394. The largest absolute Gasteiger partial charge is 0.464 e. The van der Waals surface area contributed by atoms with Crippen molar-refractivity contribution < 1.29 is 4.42 Å². The van der Waals surface area contributed by atoms with Crippen LogP contribution in [0.5, 0.6) is 0 Å². The van der Waals surface area contributed by atoms with Crippen LogP contribution in [0.25, 0.3) is 0 Å². The van der Waals surface area contributed by atoms with Crippen molar-refractivity contribution in [3.8, 4) is 0 Å². The molecule has 0 aliphatic heterocycles. The SMILES string of the molecule is NCc1ccc(C2C3CC4CC(C3)CC2C4)o1. The second-order valence-electron chi connectivity index (χ2n) is 6.46.